The van der Waals surface area contributed by atoms with Gasteiger partial charge in [-0.15, -0.1) is 0 Å². The van der Waals surface area contributed by atoms with Crippen molar-refractivity contribution in [2.75, 3.05) is 42.9 Å². The van der Waals surface area contributed by atoms with Gasteiger partial charge in [-0.25, -0.2) is 0 Å². The van der Waals surface area contributed by atoms with Crippen LogP contribution in [0.3, 0.4) is 0 Å². The largest absolute Gasteiger partial charge is 0.367 e. The van der Waals surface area contributed by atoms with E-state index in [0.717, 1.165) is 44.1 Å². The maximum Gasteiger partial charge on any atom is 0.224 e. The van der Waals surface area contributed by atoms with Crippen molar-refractivity contribution in [3.8, 4) is 0 Å². The lowest BCUT2D eigenvalue weighted by atomic mass is 10.2. The van der Waals surface area contributed by atoms with E-state index < -0.39 is 0 Å². The molecule has 0 bridgehead atoms. The zero-order chi connectivity index (χ0) is 14.5. The average Bonchev–Trinajstić information content (AvgIpc) is 2.47. The minimum Gasteiger partial charge on any atom is -0.367 e. The van der Waals surface area contributed by atoms with Crippen molar-refractivity contribution in [1.29, 1.82) is 0 Å². The van der Waals surface area contributed by atoms with E-state index in [1.807, 2.05) is 25.1 Å². The summed E-state index contributed by atoms with van der Waals surface area (Å²) in [5.74, 6) is 0.0145. The van der Waals surface area contributed by atoms with Crippen LogP contribution in [-0.2, 0) is 4.79 Å². The molecule has 1 N–H and O–H groups in total. The first-order chi connectivity index (χ1) is 9.63. The van der Waals surface area contributed by atoms with E-state index in [1.54, 1.807) is 0 Å². The van der Waals surface area contributed by atoms with E-state index in [1.165, 1.54) is 0 Å². The standard InChI is InChI=1S/C15H22ClN3O/c1-3-15(20)17-13-11-12(16)5-6-14(13)19-9-7-18(4-2)8-10-19/h5-6,11H,3-4,7-10H2,1-2H3,(H,17,20). The highest BCUT2D eigenvalue weighted by Crippen LogP contribution is 2.30. The molecule has 0 radical (unpaired) electrons. The number of halogens is 1. The Morgan fingerprint density at radius 1 is 1.25 bits per heavy atom. The molecule has 4 nitrogen and oxygen atoms in total. The minimum atomic E-state index is 0.0145. The molecule has 0 saturated carbocycles. The van der Waals surface area contributed by atoms with Gasteiger partial charge in [-0.1, -0.05) is 25.4 Å². The second-order valence-electron chi connectivity index (χ2n) is 4.98. The SMILES string of the molecule is CCC(=O)Nc1cc(Cl)ccc1N1CCN(CC)CC1. The van der Waals surface area contributed by atoms with Crippen molar-refractivity contribution < 1.29 is 4.79 Å². The monoisotopic (exact) mass is 295 g/mol. The third kappa shape index (κ3) is 3.64. The van der Waals surface area contributed by atoms with Crippen LogP contribution in [0.2, 0.25) is 5.02 Å². The van der Waals surface area contributed by atoms with Gasteiger partial charge in [0.15, 0.2) is 0 Å². The molecule has 110 valence electrons. The van der Waals surface area contributed by atoms with Gasteiger partial charge in [0, 0.05) is 37.6 Å². The van der Waals surface area contributed by atoms with Crippen LogP contribution in [0.25, 0.3) is 0 Å². The summed E-state index contributed by atoms with van der Waals surface area (Å²) in [5.41, 5.74) is 1.88. The zero-order valence-corrected chi connectivity index (χ0v) is 12.9. The maximum absolute atomic E-state index is 11.6. The molecule has 1 saturated heterocycles. The molecule has 5 heteroatoms. The summed E-state index contributed by atoms with van der Waals surface area (Å²) in [6.07, 6.45) is 0.468. The van der Waals surface area contributed by atoms with Crippen LogP contribution in [0.15, 0.2) is 18.2 Å². The Hall–Kier alpha value is -1.26. The number of carbonyl (C=O) groups excluding carboxylic acids is 1. The predicted molar refractivity (Wildman–Crippen MR) is 84.7 cm³/mol. The quantitative estimate of drug-likeness (QED) is 0.928. The first-order valence-electron chi connectivity index (χ1n) is 7.20. The Labute approximate surface area is 125 Å². The van der Waals surface area contributed by atoms with Gasteiger partial charge in [0.25, 0.3) is 0 Å². The second kappa shape index (κ2) is 6.95. The molecule has 1 aromatic rings. The van der Waals surface area contributed by atoms with Gasteiger partial charge < -0.3 is 15.1 Å². The Morgan fingerprint density at radius 3 is 2.55 bits per heavy atom. The van der Waals surface area contributed by atoms with Gasteiger partial charge in [0.1, 0.15) is 0 Å². The summed E-state index contributed by atoms with van der Waals surface area (Å²) in [6, 6.07) is 5.70. The molecule has 1 heterocycles. The number of carbonyl (C=O) groups is 1. The van der Waals surface area contributed by atoms with Crippen LogP contribution in [0.4, 0.5) is 11.4 Å². The van der Waals surface area contributed by atoms with Crippen molar-refractivity contribution in [3.05, 3.63) is 23.2 Å². The number of hydrogen-bond acceptors (Lipinski definition) is 3. The number of benzene rings is 1. The summed E-state index contributed by atoms with van der Waals surface area (Å²) in [5, 5.41) is 3.59. The molecular formula is C15H22ClN3O. The van der Waals surface area contributed by atoms with Crippen molar-refractivity contribution in [2.24, 2.45) is 0 Å². The highest BCUT2D eigenvalue weighted by Gasteiger charge is 2.19. The van der Waals surface area contributed by atoms with E-state index in [4.69, 9.17) is 11.6 Å². The summed E-state index contributed by atoms with van der Waals surface area (Å²) in [7, 11) is 0. The van der Waals surface area contributed by atoms with Gasteiger partial charge in [0.05, 0.1) is 11.4 Å². The van der Waals surface area contributed by atoms with E-state index in [-0.39, 0.29) is 5.91 Å². The molecule has 0 atom stereocenters. The van der Waals surface area contributed by atoms with Crippen LogP contribution in [0.1, 0.15) is 20.3 Å². The van der Waals surface area contributed by atoms with Gasteiger partial charge in [0.2, 0.25) is 5.91 Å². The summed E-state index contributed by atoms with van der Waals surface area (Å²) >= 11 is 6.05. The van der Waals surface area contributed by atoms with Gasteiger partial charge >= 0.3 is 0 Å². The number of nitrogens with one attached hydrogen (secondary N) is 1. The lowest BCUT2D eigenvalue weighted by Crippen LogP contribution is -2.46. The van der Waals surface area contributed by atoms with Crippen LogP contribution >= 0.6 is 11.6 Å². The fraction of sp³-hybridized carbons (Fsp3) is 0.533. The van der Waals surface area contributed by atoms with Gasteiger partial charge in [-0.05, 0) is 24.7 Å². The van der Waals surface area contributed by atoms with Crippen LogP contribution in [-0.4, -0.2) is 43.5 Å². The van der Waals surface area contributed by atoms with Gasteiger partial charge in [-0.3, -0.25) is 4.79 Å². The first-order valence-corrected chi connectivity index (χ1v) is 7.58. The van der Waals surface area contributed by atoms with E-state index >= 15 is 0 Å². The number of hydrogen-bond donors (Lipinski definition) is 1. The molecule has 1 amide bonds. The van der Waals surface area contributed by atoms with Crippen molar-refractivity contribution in [3.63, 3.8) is 0 Å². The molecule has 0 aromatic heterocycles. The lowest BCUT2D eigenvalue weighted by molar-refractivity contribution is -0.115. The second-order valence-corrected chi connectivity index (χ2v) is 5.42. The Morgan fingerprint density at radius 2 is 1.95 bits per heavy atom. The average molecular weight is 296 g/mol. The Kier molecular flexibility index (Phi) is 5.26. The third-order valence-corrected chi connectivity index (χ3v) is 3.95. The number of rotatable bonds is 4. The zero-order valence-electron chi connectivity index (χ0n) is 12.2. The molecule has 2 rings (SSSR count). The van der Waals surface area contributed by atoms with E-state index in [0.29, 0.717) is 11.4 Å². The summed E-state index contributed by atoms with van der Waals surface area (Å²) in [6.45, 7) is 9.19. The normalized spacial score (nSPS) is 16.2. The van der Waals surface area contributed by atoms with Crippen LogP contribution in [0.5, 0.6) is 0 Å². The molecule has 0 spiro atoms. The molecule has 20 heavy (non-hydrogen) atoms. The molecule has 0 unspecified atom stereocenters. The number of nitrogens with zero attached hydrogens (tertiary/aromatic N) is 2. The molecule has 1 aliphatic rings. The molecule has 0 aliphatic carbocycles. The number of piperazine rings is 1. The first kappa shape index (κ1) is 15.1. The number of anilines is 2. The Bertz CT molecular complexity index is 470. The summed E-state index contributed by atoms with van der Waals surface area (Å²) < 4.78 is 0. The van der Waals surface area contributed by atoms with E-state index in [9.17, 15) is 4.79 Å². The fourth-order valence-corrected chi connectivity index (χ4v) is 2.60. The van der Waals surface area contributed by atoms with Crippen LogP contribution in [0, 0.1) is 0 Å². The fourth-order valence-electron chi connectivity index (χ4n) is 2.43. The third-order valence-electron chi connectivity index (χ3n) is 3.71. The number of amides is 1. The topological polar surface area (TPSA) is 35.6 Å². The van der Waals surface area contributed by atoms with Crippen molar-refractivity contribution in [1.82, 2.24) is 4.90 Å². The molecule has 1 aliphatic heterocycles. The van der Waals surface area contributed by atoms with E-state index in [2.05, 4.69) is 22.0 Å². The maximum atomic E-state index is 11.6. The lowest BCUT2D eigenvalue weighted by Gasteiger charge is -2.36. The Balaban J connectivity index is 2.16. The number of likely N-dealkylation sites (N-methyl/N-ethyl adjacent to an activating group) is 1. The van der Waals surface area contributed by atoms with Crippen LogP contribution < -0.4 is 10.2 Å². The highest BCUT2D eigenvalue weighted by molar-refractivity contribution is 6.31. The van der Waals surface area contributed by atoms with Crippen molar-refractivity contribution in [2.45, 2.75) is 20.3 Å². The predicted octanol–water partition coefficient (Wildman–Crippen LogP) is 2.83. The van der Waals surface area contributed by atoms with Gasteiger partial charge in [-0.2, -0.15) is 0 Å². The smallest absolute Gasteiger partial charge is 0.224 e. The molecule has 1 fully saturated rings. The summed E-state index contributed by atoms with van der Waals surface area (Å²) in [4.78, 5) is 16.4. The van der Waals surface area contributed by atoms with Crippen molar-refractivity contribution >= 4 is 28.9 Å². The highest BCUT2D eigenvalue weighted by atomic mass is 35.5. The molecular weight excluding hydrogens is 274 g/mol. The minimum absolute atomic E-state index is 0.0145. The molecule has 1 aromatic carbocycles.